The van der Waals surface area contributed by atoms with Gasteiger partial charge in [0.1, 0.15) is 12.4 Å². The quantitative estimate of drug-likeness (QED) is 0.506. The minimum Gasteiger partial charge on any atom is -0.492 e. The van der Waals surface area contributed by atoms with Crippen LogP contribution in [-0.2, 0) is 29.0 Å². The Morgan fingerprint density at radius 3 is 2.32 bits per heavy atom. The van der Waals surface area contributed by atoms with Crippen LogP contribution in [0, 0.1) is 5.92 Å². The summed E-state index contributed by atoms with van der Waals surface area (Å²) in [7, 11) is 0. The van der Waals surface area contributed by atoms with Gasteiger partial charge in [0.15, 0.2) is 0 Å². The first-order chi connectivity index (χ1) is 18.4. The van der Waals surface area contributed by atoms with Gasteiger partial charge in [-0.2, -0.15) is 0 Å². The molecule has 1 amide bonds. The number of hydrogen-bond donors (Lipinski definition) is 2. The molecule has 2 heterocycles. The van der Waals surface area contributed by atoms with E-state index in [0.717, 1.165) is 57.1 Å². The predicted octanol–water partition coefficient (Wildman–Crippen LogP) is 4.02. The predicted molar refractivity (Wildman–Crippen MR) is 143 cm³/mol. The number of nitrogens with zero attached hydrogens (tertiary/aromatic N) is 2. The third-order valence-electron chi connectivity index (χ3n) is 7.47. The largest absolute Gasteiger partial charge is 0.492 e. The molecule has 1 aliphatic carbocycles. The average molecular weight is 521 g/mol. The van der Waals surface area contributed by atoms with Gasteiger partial charge in [-0.1, -0.05) is 30.3 Å². The van der Waals surface area contributed by atoms with Crippen molar-refractivity contribution in [2.75, 3.05) is 32.8 Å². The van der Waals surface area contributed by atoms with Crippen molar-refractivity contribution in [3.8, 4) is 5.75 Å². The summed E-state index contributed by atoms with van der Waals surface area (Å²) in [6, 6.07) is 14.6. The molecule has 1 saturated heterocycles. The number of amides is 1. The lowest BCUT2D eigenvalue weighted by molar-refractivity contribution is -0.134. The monoisotopic (exact) mass is 520 g/mol. The molecule has 0 atom stereocenters. The number of ether oxygens (including phenoxy) is 1. The van der Waals surface area contributed by atoms with E-state index in [4.69, 9.17) is 14.9 Å². The van der Waals surface area contributed by atoms with Crippen LogP contribution in [0.4, 0.5) is 0 Å². The maximum absolute atomic E-state index is 12.6. The van der Waals surface area contributed by atoms with Crippen LogP contribution in [0.3, 0.4) is 0 Å². The summed E-state index contributed by atoms with van der Waals surface area (Å²) >= 11 is 0. The van der Waals surface area contributed by atoms with Crippen molar-refractivity contribution in [2.24, 2.45) is 5.92 Å². The van der Waals surface area contributed by atoms with Crippen LogP contribution >= 0.6 is 0 Å². The summed E-state index contributed by atoms with van der Waals surface area (Å²) in [5.74, 6) is -0.580. The van der Waals surface area contributed by atoms with Crippen molar-refractivity contribution in [3.63, 3.8) is 0 Å². The van der Waals surface area contributed by atoms with E-state index in [9.17, 15) is 14.4 Å². The van der Waals surface area contributed by atoms with Crippen LogP contribution in [0.25, 0.3) is 0 Å². The Bertz CT molecular complexity index is 1150. The molecule has 8 nitrogen and oxygen atoms in total. The fraction of sp³-hybridized carbons (Fsp3) is 0.433. The number of aliphatic carboxylic acids is 2. The molecule has 38 heavy (non-hydrogen) atoms. The van der Waals surface area contributed by atoms with Gasteiger partial charge in [0, 0.05) is 37.3 Å². The molecule has 1 fully saturated rings. The van der Waals surface area contributed by atoms with Crippen molar-refractivity contribution in [3.05, 3.63) is 76.9 Å². The van der Waals surface area contributed by atoms with Crippen LogP contribution in [0.2, 0.25) is 0 Å². The summed E-state index contributed by atoms with van der Waals surface area (Å²) in [5, 5.41) is 15.6. The van der Waals surface area contributed by atoms with Crippen molar-refractivity contribution in [2.45, 2.75) is 45.1 Å². The molecule has 202 valence electrons. The highest BCUT2D eigenvalue weighted by Gasteiger charge is 2.30. The number of carbonyl (C=O) groups excluding carboxylic acids is 1. The first kappa shape index (κ1) is 27.4. The van der Waals surface area contributed by atoms with E-state index in [0.29, 0.717) is 18.1 Å². The van der Waals surface area contributed by atoms with Gasteiger partial charge in [0.2, 0.25) is 0 Å². The van der Waals surface area contributed by atoms with Crippen molar-refractivity contribution in [1.82, 2.24) is 9.80 Å². The molecule has 2 N–H and O–H groups in total. The number of carbonyl (C=O) groups is 3. The molecule has 5 rings (SSSR count). The highest BCUT2D eigenvalue weighted by molar-refractivity contribution is 5.98. The molecule has 3 aliphatic rings. The number of hydrogen-bond acceptors (Lipinski definition) is 5. The van der Waals surface area contributed by atoms with Crippen LogP contribution in [0.1, 0.15) is 52.7 Å². The topological polar surface area (TPSA) is 107 Å². The molecule has 0 unspecified atom stereocenters. The SMILES string of the molecule is O=C(O)C=CC(=O)O.O=C1c2ccccc2CN1CC1CCN(CCOc2cccc3c2CCCC3)CC1. The fourth-order valence-corrected chi connectivity index (χ4v) is 5.48. The third kappa shape index (κ3) is 7.44. The number of likely N-dealkylation sites (tertiary alicyclic amines) is 1. The van der Waals surface area contributed by atoms with Gasteiger partial charge in [0.25, 0.3) is 5.91 Å². The zero-order valence-electron chi connectivity index (χ0n) is 21.7. The van der Waals surface area contributed by atoms with Crippen molar-refractivity contribution >= 4 is 17.8 Å². The van der Waals surface area contributed by atoms with E-state index < -0.39 is 11.9 Å². The molecule has 0 spiro atoms. The van der Waals surface area contributed by atoms with Gasteiger partial charge in [-0.15, -0.1) is 0 Å². The van der Waals surface area contributed by atoms with E-state index in [-0.39, 0.29) is 5.91 Å². The first-order valence-corrected chi connectivity index (χ1v) is 13.4. The highest BCUT2D eigenvalue weighted by atomic mass is 16.5. The molecule has 0 radical (unpaired) electrons. The lowest BCUT2D eigenvalue weighted by atomic mass is 9.91. The van der Waals surface area contributed by atoms with Crippen LogP contribution < -0.4 is 4.74 Å². The second-order valence-electron chi connectivity index (χ2n) is 10.1. The fourth-order valence-electron chi connectivity index (χ4n) is 5.48. The van der Waals surface area contributed by atoms with Crippen LogP contribution in [0.15, 0.2) is 54.6 Å². The second kappa shape index (κ2) is 13.2. The van der Waals surface area contributed by atoms with Gasteiger partial charge >= 0.3 is 11.9 Å². The average Bonchev–Trinajstić information content (AvgIpc) is 3.24. The van der Waals surface area contributed by atoms with Crippen molar-refractivity contribution < 1.29 is 29.3 Å². The molecular weight excluding hydrogens is 484 g/mol. The van der Waals surface area contributed by atoms with E-state index in [1.807, 2.05) is 23.1 Å². The van der Waals surface area contributed by atoms with E-state index in [2.05, 4.69) is 29.2 Å². The Labute approximate surface area is 223 Å². The number of rotatable bonds is 8. The highest BCUT2D eigenvalue weighted by Crippen LogP contribution is 2.30. The van der Waals surface area contributed by atoms with Crippen molar-refractivity contribution in [1.29, 1.82) is 0 Å². The Kier molecular flexibility index (Phi) is 9.54. The van der Waals surface area contributed by atoms with Gasteiger partial charge in [-0.25, -0.2) is 9.59 Å². The zero-order chi connectivity index (χ0) is 26.9. The number of piperidine rings is 1. The standard InChI is InChI=1S/C26H32N2O2.C4H4O4/c29-26-24-10-4-2-7-22(24)19-28(26)18-20-12-14-27(15-13-20)16-17-30-25-11-5-8-21-6-1-3-9-23(21)25;5-3(6)1-2-4(7)8/h2,4-5,7-8,10-11,20H,1,3,6,9,12-19H2;1-2H,(H,5,6)(H,7,8). The number of carboxylic acids is 2. The minimum absolute atomic E-state index is 0.215. The first-order valence-electron chi connectivity index (χ1n) is 13.4. The van der Waals surface area contributed by atoms with Crippen LogP contribution in [0.5, 0.6) is 5.75 Å². The molecule has 0 bridgehead atoms. The molecule has 8 heteroatoms. The molecule has 0 saturated carbocycles. The Hall–Kier alpha value is -3.65. The van der Waals surface area contributed by atoms with E-state index in [1.165, 1.54) is 48.8 Å². The number of fused-ring (bicyclic) bond motifs is 2. The van der Waals surface area contributed by atoms with E-state index in [1.54, 1.807) is 0 Å². The molecule has 0 aromatic heterocycles. The lowest BCUT2D eigenvalue weighted by Gasteiger charge is -2.33. The second-order valence-corrected chi connectivity index (χ2v) is 10.1. The smallest absolute Gasteiger partial charge is 0.328 e. The summed E-state index contributed by atoms with van der Waals surface area (Å²) in [6.45, 7) is 5.65. The zero-order valence-corrected chi connectivity index (χ0v) is 21.7. The van der Waals surface area contributed by atoms with Gasteiger partial charge in [-0.3, -0.25) is 9.69 Å². The van der Waals surface area contributed by atoms with Gasteiger partial charge in [0.05, 0.1) is 0 Å². The maximum atomic E-state index is 12.6. The number of aryl methyl sites for hydroxylation is 1. The third-order valence-corrected chi connectivity index (χ3v) is 7.47. The van der Waals surface area contributed by atoms with Crippen LogP contribution in [-0.4, -0.2) is 70.6 Å². The number of benzene rings is 2. The molecule has 2 aromatic carbocycles. The minimum atomic E-state index is -1.26. The Morgan fingerprint density at radius 2 is 1.61 bits per heavy atom. The Balaban J connectivity index is 0.000000368. The number of carboxylic acid groups (broad SMARTS) is 2. The summed E-state index contributed by atoms with van der Waals surface area (Å²) in [4.78, 5) is 36.3. The van der Waals surface area contributed by atoms with E-state index >= 15 is 0 Å². The summed E-state index contributed by atoms with van der Waals surface area (Å²) < 4.78 is 6.20. The molecule has 2 aliphatic heterocycles. The maximum Gasteiger partial charge on any atom is 0.328 e. The molecular formula is C30H36N2O6. The summed E-state index contributed by atoms with van der Waals surface area (Å²) in [6.07, 6.45) is 8.40. The van der Waals surface area contributed by atoms with Gasteiger partial charge < -0.3 is 19.8 Å². The summed E-state index contributed by atoms with van der Waals surface area (Å²) in [5.41, 5.74) is 5.01. The van der Waals surface area contributed by atoms with Gasteiger partial charge in [-0.05, 0) is 86.4 Å². The Morgan fingerprint density at radius 1 is 0.921 bits per heavy atom. The lowest BCUT2D eigenvalue weighted by Crippen LogP contribution is -2.40. The normalized spacial score (nSPS) is 17.5. The molecule has 2 aromatic rings.